The fraction of sp³-hybridized carbons (Fsp3) is 0.583. The maximum Gasteiger partial charge on any atom is 0.00391 e. The molecule has 0 nitrogen and oxygen atoms in total. The van der Waals surface area contributed by atoms with Crippen LogP contribution >= 0.6 is 11.8 Å². The molecule has 0 amide bonds. The van der Waals surface area contributed by atoms with Crippen LogP contribution in [0.15, 0.2) is 28.9 Å². The SMILES string of the molecule is CCCCCCSC1=CC=C=CC1. The van der Waals surface area contributed by atoms with Crippen LogP contribution in [0.3, 0.4) is 0 Å². The first-order valence-electron chi connectivity index (χ1n) is 5.16. The summed E-state index contributed by atoms with van der Waals surface area (Å²) in [6.07, 6.45) is 12.9. The lowest BCUT2D eigenvalue weighted by Gasteiger charge is -2.04. The number of hydrogen-bond donors (Lipinski definition) is 0. The summed E-state index contributed by atoms with van der Waals surface area (Å²) in [6.45, 7) is 2.26. The molecule has 13 heavy (non-hydrogen) atoms. The Morgan fingerprint density at radius 3 is 3.00 bits per heavy atom. The fourth-order valence-corrected chi connectivity index (χ4v) is 2.25. The van der Waals surface area contributed by atoms with Crippen molar-refractivity contribution in [1.29, 1.82) is 0 Å². The lowest BCUT2D eigenvalue weighted by Crippen LogP contribution is -1.83. The van der Waals surface area contributed by atoms with Crippen molar-refractivity contribution in [3.05, 3.63) is 28.9 Å². The van der Waals surface area contributed by atoms with Crippen molar-refractivity contribution in [2.24, 2.45) is 0 Å². The smallest absolute Gasteiger partial charge is 0.00391 e. The van der Waals surface area contributed by atoms with Crippen LogP contribution < -0.4 is 0 Å². The summed E-state index contributed by atoms with van der Waals surface area (Å²) in [7, 11) is 0. The molecule has 0 unspecified atom stereocenters. The molecular formula is C12H18S. The second kappa shape index (κ2) is 7.06. The summed E-state index contributed by atoms with van der Waals surface area (Å²) in [4.78, 5) is 1.50. The molecule has 0 bridgehead atoms. The van der Waals surface area contributed by atoms with Gasteiger partial charge in [0.1, 0.15) is 0 Å². The zero-order valence-corrected chi connectivity index (χ0v) is 9.20. The maximum absolute atomic E-state index is 3.09. The Balaban J connectivity index is 2.00. The topological polar surface area (TPSA) is 0 Å². The minimum absolute atomic E-state index is 1.09. The third-order valence-electron chi connectivity index (χ3n) is 2.07. The third-order valence-corrected chi connectivity index (χ3v) is 3.24. The van der Waals surface area contributed by atoms with Crippen LogP contribution in [0.2, 0.25) is 0 Å². The second-order valence-electron chi connectivity index (χ2n) is 3.28. The zero-order valence-electron chi connectivity index (χ0n) is 8.38. The summed E-state index contributed by atoms with van der Waals surface area (Å²) in [5.74, 6) is 1.29. The van der Waals surface area contributed by atoms with Crippen LogP contribution in [-0.4, -0.2) is 5.75 Å². The van der Waals surface area contributed by atoms with E-state index in [1.54, 1.807) is 0 Å². The van der Waals surface area contributed by atoms with Crippen molar-refractivity contribution in [3.63, 3.8) is 0 Å². The van der Waals surface area contributed by atoms with Crippen molar-refractivity contribution >= 4 is 11.8 Å². The fourth-order valence-electron chi connectivity index (χ4n) is 1.28. The molecule has 0 heterocycles. The van der Waals surface area contributed by atoms with Gasteiger partial charge in [-0.05, 0) is 35.3 Å². The number of allylic oxidation sites excluding steroid dienone is 3. The minimum atomic E-state index is 1.09. The Morgan fingerprint density at radius 1 is 1.38 bits per heavy atom. The highest BCUT2D eigenvalue weighted by molar-refractivity contribution is 8.03. The third kappa shape index (κ3) is 5.02. The molecule has 0 radical (unpaired) electrons. The molecule has 1 heteroatoms. The predicted molar refractivity (Wildman–Crippen MR) is 62.0 cm³/mol. The molecule has 0 saturated carbocycles. The molecule has 1 rings (SSSR count). The van der Waals surface area contributed by atoms with Crippen LogP contribution in [0.25, 0.3) is 0 Å². The monoisotopic (exact) mass is 194 g/mol. The van der Waals surface area contributed by atoms with E-state index in [0.29, 0.717) is 0 Å². The average molecular weight is 194 g/mol. The van der Waals surface area contributed by atoms with Gasteiger partial charge in [0.2, 0.25) is 0 Å². The van der Waals surface area contributed by atoms with E-state index in [4.69, 9.17) is 0 Å². The summed E-state index contributed by atoms with van der Waals surface area (Å²) in [5.41, 5.74) is 3.09. The van der Waals surface area contributed by atoms with Gasteiger partial charge >= 0.3 is 0 Å². The van der Waals surface area contributed by atoms with Gasteiger partial charge in [0.05, 0.1) is 0 Å². The van der Waals surface area contributed by atoms with Crippen molar-refractivity contribution < 1.29 is 0 Å². The van der Waals surface area contributed by atoms with Gasteiger partial charge in [0, 0.05) is 6.42 Å². The Bertz CT molecular complexity index is 219. The predicted octanol–water partition coefficient (Wildman–Crippen LogP) is 4.30. The maximum atomic E-state index is 3.09. The lowest BCUT2D eigenvalue weighted by molar-refractivity contribution is 0.707. The number of rotatable bonds is 6. The van der Waals surface area contributed by atoms with E-state index >= 15 is 0 Å². The average Bonchev–Trinajstić information content (AvgIpc) is 2.19. The van der Waals surface area contributed by atoms with Crippen LogP contribution in [0, 0.1) is 0 Å². The molecule has 1 aliphatic rings. The summed E-state index contributed by atoms with van der Waals surface area (Å²) in [5, 5.41) is 0. The number of unbranched alkanes of at least 4 members (excludes halogenated alkanes) is 3. The number of hydrogen-bond acceptors (Lipinski definition) is 1. The molecule has 1 aliphatic carbocycles. The Hall–Kier alpha value is -0.390. The number of thioether (sulfide) groups is 1. The van der Waals surface area contributed by atoms with Gasteiger partial charge in [-0.3, -0.25) is 0 Å². The molecular weight excluding hydrogens is 176 g/mol. The van der Waals surface area contributed by atoms with Crippen LogP contribution in [0.1, 0.15) is 39.0 Å². The molecule has 0 saturated heterocycles. The largest absolute Gasteiger partial charge is 0.130 e. The lowest BCUT2D eigenvalue weighted by atomic mass is 10.2. The Labute approximate surface area is 85.8 Å². The van der Waals surface area contributed by atoms with E-state index in [1.807, 2.05) is 17.8 Å². The molecule has 0 aromatic heterocycles. The highest BCUT2D eigenvalue weighted by Gasteiger charge is 1.97. The molecule has 0 aromatic rings. The molecule has 0 aliphatic heterocycles. The van der Waals surface area contributed by atoms with Crippen molar-refractivity contribution in [3.8, 4) is 0 Å². The first-order valence-corrected chi connectivity index (χ1v) is 6.15. The zero-order chi connectivity index (χ0) is 9.36. The quantitative estimate of drug-likeness (QED) is 0.449. The first-order chi connectivity index (χ1) is 6.43. The highest BCUT2D eigenvalue weighted by atomic mass is 32.2. The molecule has 0 fully saturated rings. The van der Waals surface area contributed by atoms with E-state index in [1.165, 1.54) is 36.3 Å². The highest BCUT2D eigenvalue weighted by Crippen LogP contribution is 2.23. The molecule has 0 spiro atoms. The first kappa shape index (κ1) is 10.7. The van der Waals surface area contributed by atoms with Gasteiger partial charge in [-0.1, -0.05) is 26.2 Å². The van der Waals surface area contributed by atoms with Gasteiger partial charge in [-0.15, -0.1) is 17.5 Å². The van der Waals surface area contributed by atoms with Crippen molar-refractivity contribution in [2.45, 2.75) is 39.0 Å². The van der Waals surface area contributed by atoms with Gasteiger partial charge in [-0.25, -0.2) is 0 Å². The van der Waals surface area contributed by atoms with Crippen LogP contribution in [-0.2, 0) is 0 Å². The summed E-state index contributed by atoms with van der Waals surface area (Å²) < 4.78 is 0. The van der Waals surface area contributed by atoms with E-state index in [9.17, 15) is 0 Å². The molecule has 72 valence electrons. The van der Waals surface area contributed by atoms with Gasteiger partial charge in [0.15, 0.2) is 0 Å². The van der Waals surface area contributed by atoms with E-state index < -0.39 is 0 Å². The summed E-state index contributed by atoms with van der Waals surface area (Å²) >= 11 is 2.01. The van der Waals surface area contributed by atoms with Gasteiger partial charge in [0.25, 0.3) is 0 Å². The molecule has 0 N–H and O–H groups in total. The van der Waals surface area contributed by atoms with E-state index in [-0.39, 0.29) is 0 Å². The van der Waals surface area contributed by atoms with Gasteiger partial charge in [-0.2, -0.15) is 0 Å². The van der Waals surface area contributed by atoms with Crippen LogP contribution in [0.4, 0.5) is 0 Å². The van der Waals surface area contributed by atoms with Crippen molar-refractivity contribution in [1.82, 2.24) is 0 Å². The molecule has 0 aromatic carbocycles. The summed E-state index contributed by atoms with van der Waals surface area (Å²) in [6, 6.07) is 0. The van der Waals surface area contributed by atoms with Crippen molar-refractivity contribution in [2.75, 3.05) is 5.75 Å². The molecule has 0 atom stereocenters. The second-order valence-corrected chi connectivity index (χ2v) is 4.50. The normalized spacial score (nSPS) is 14.7. The van der Waals surface area contributed by atoms with Gasteiger partial charge < -0.3 is 0 Å². The van der Waals surface area contributed by atoms with E-state index in [2.05, 4.69) is 24.8 Å². The Morgan fingerprint density at radius 2 is 2.31 bits per heavy atom. The van der Waals surface area contributed by atoms with Crippen LogP contribution in [0.5, 0.6) is 0 Å². The van der Waals surface area contributed by atoms with E-state index in [0.717, 1.165) is 6.42 Å². The Kier molecular flexibility index (Phi) is 5.80. The standard InChI is InChI=1S/C12H18S/c1-2-3-4-8-11-13-12-9-6-5-7-10-12/h6-7,9H,2-4,8,10-11H2,1H3. The minimum Gasteiger partial charge on any atom is -0.130 e.